The third kappa shape index (κ3) is 3.26. The zero-order valence-electron chi connectivity index (χ0n) is 7.99. The lowest BCUT2D eigenvalue weighted by molar-refractivity contribution is -0.115. The van der Waals surface area contributed by atoms with Crippen molar-refractivity contribution in [1.29, 1.82) is 5.26 Å². The molecule has 1 aromatic rings. The minimum absolute atomic E-state index is 0.177. The monoisotopic (exact) mass is 284 g/mol. The van der Waals surface area contributed by atoms with E-state index in [0.717, 1.165) is 0 Å². The van der Waals surface area contributed by atoms with Crippen molar-refractivity contribution in [3.8, 4) is 6.07 Å². The average molecular weight is 285 g/mol. The minimum atomic E-state index is -0.368. The topological polar surface area (TPSA) is 52.9 Å². The van der Waals surface area contributed by atoms with Crippen molar-refractivity contribution in [2.45, 2.75) is 12.2 Å². The van der Waals surface area contributed by atoms with Crippen molar-refractivity contribution >= 4 is 40.2 Å². The molecule has 78 valence electrons. The van der Waals surface area contributed by atoms with Gasteiger partial charge in [0.2, 0.25) is 5.91 Å². The van der Waals surface area contributed by atoms with E-state index in [1.807, 2.05) is 6.07 Å². The Labute approximate surface area is 102 Å². The lowest BCUT2D eigenvalue weighted by Crippen LogP contribution is -2.20. The third-order valence-corrected chi connectivity index (χ3v) is 2.63. The fourth-order valence-electron chi connectivity index (χ4n) is 0.923. The molecule has 0 saturated carbocycles. The number of carbonyl (C=O) groups is 1. The van der Waals surface area contributed by atoms with Gasteiger partial charge >= 0.3 is 0 Å². The number of anilines is 1. The lowest BCUT2D eigenvalue weighted by Gasteiger charge is -2.08. The van der Waals surface area contributed by atoms with Gasteiger partial charge in [0.1, 0.15) is 0 Å². The highest BCUT2D eigenvalue weighted by Crippen LogP contribution is 2.23. The summed E-state index contributed by atoms with van der Waals surface area (Å²) in [7, 11) is 0. The SMILES string of the molecule is CC(S)C(=O)Nc1ccc(C#N)cc1Br. The maximum absolute atomic E-state index is 11.3. The van der Waals surface area contributed by atoms with Crippen molar-refractivity contribution < 1.29 is 4.79 Å². The van der Waals surface area contributed by atoms with Crippen LogP contribution >= 0.6 is 28.6 Å². The van der Waals surface area contributed by atoms with Gasteiger partial charge in [-0.05, 0) is 41.1 Å². The zero-order chi connectivity index (χ0) is 11.4. The molecule has 15 heavy (non-hydrogen) atoms. The molecule has 0 bridgehead atoms. The van der Waals surface area contributed by atoms with Gasteiger partial charge in [0.05, 0.1) is 22.6 Å². The van der Waals surface area contributed by atoms with Gasteiger partial charge in [-0.2, -0.15) is 17.9 Å². The molecule has 0 aromatic heterocycles. The molecule has 0 aliphatic rings. The van der Waals surface area contributed by atoms with Gasteiger partial charge in [0.25, 0.3) is 0 Å². The molecule has 1 aromatic carbocycles. The molecule has 0 aliphatic heterocycles. The quantitative estimate of drug-likeness (QED) is 0.821. The number of benzene rings is 1. The first-order chi connectivity index (χ1) is 7.04. The van der Waals surface area contributed by atoms with Crippen LogP contribution in [-0.4, -0.2) is 11.2 Å². The van der Waals surface area contributed by atoms with E-state index < -0.39 is 0 Å². The molecule has 0 heterocycles. The van der Waals surface area contributed by atoms with E-state index in [9.17, 15) is 4.79 Å². The van der Waals surface area contributed by atoms with Crippen LogP contribution in [0.1, 0.15) is 12.5 Å². The van der Waals surface area contributed by atoms with Gasteiger partial charge in [0, 0.05) is 4.47 Å². The number of nitrogens with zero attached hydrogens (tertiary/aromatic N) is 1. The Hall–Kier alpha value is -0.990. The molecule has 1 amide bonds. The highest BCUT2D eigenvalue weighted by molar-refractivity contribution is 9.10. The Kier molecular flexibility index (Phi) is 4.18. The summed E-state index contributed by atoms with van der Waals surface area (Å²) in [6.07, 6.45) is 0. The van der Waals surface area contributed by atoms with E-state index in [-0.39, 0.29) is 11.2 Å². The fraction of sp³-hybridized carbons (Fsp3) is 0.200. The highest BCUT2D eigenvalue weighted by Gasteiger charge is 2.09. The molecular formula is C10H9BrN2OS. The first-order valence-electron chi connectivity index (χ1n) is 4.23. The molecule has 0 spiro atoms. The minimum Gasteiger partial charge on any atom is -0.324 e. The maximum Gasteiger partial charge on any atom is 0.236 e. The van der Waals surface area contributed by atoms with Gasteiger partial charge < -0.3 is 5.32 Å². The van der Waals surface area contributed by atoms with Crippen LogP contribution in [0.2, 0.25) is 0 Å². The number of thiol groups is 1. The molecule has 1 unspecified atom stereocenters. The van der Waals surface area contributed by atoms with E-state index in [1.54, 1.807) is 25.1 Å². The van der Waals surface area contributed by atoms with Crippen LogP contribution in [0.5, 0.6) is 0 Å². The van der Waals surface area contributed by atoms with Gasteiger partial charge in [-0.3, -0.25) is 4.79 Å². The maximum atomic E-state index is 11.3. The van der Waals surface area contributed by atoms with Gasteiger partial charge in [-0.25, -0.2) is 0 Å². The first kappa shape index (κ1) is 12.1. The number of hydrogen-bond donors (Lipinski definition) is 2. The molecule has 1 atom stereocenters. The summed E-state index contributed by atoms with van der Waals surface area (Å²) >= 11 is 7.29. The standard InChI is InChI=1S/C10H9BrN2OS/c1-6(15)10(14)13-9-3-2-7(5-12)4-8(9)11/h2-4,6,15H,1H3,(H,13,14). The van der Waals surface area contributed by atoms with Gasteiger partial charge in [0.15, 0.2) is 0 Å². The number of halogens is 1. The summed E-state index contributed by atoms with van der Waals surface area (Å²) in [5.41, 5.74) is 1.18. The van der Waals surface area contributed by atoms with Crippen molar-refractivity contribution in [1.82, 2.24) is 0 Å². The Balaban J connectivity index is 2.89. The largest absolute Gasteiger partial charge is 0.324 e. The number of nitrogens with one attached hydrogen (secondary N) is 1. The molecule has 1 rings (SSSR count). The molecular weight excluding hydrogens is 276 g/mol. The number of rotatable bonds is 2. The molecule has 0 saturated heterocycles. The Morgan fingerprint density at radius 3 is 2.80 bits per heavy atom. The van der Waals surface area contributed by atoms with E-state index in [4.69, 9.17) is 5.26 Å². The zero-order valence-corrected chi connectivity index (χ0v) is 10.5. The van der Waals surface area contributed by atoms with Gasteiger partial charge in [-0.15, -0.1) is 0 Å². The Bertz CT molecular complexity index is 426. The van der Waals surface area contributed by atoms with Crippen LogP contribution in [0.4, 0.5) is 5.69 Å². The summed E-state index contributed by atoms with van der Waals surface area (Å²) < 4.78 is 0.684. The molecule has 5 heteroatoms. The number of hydrogen-bond acceptors (Lipinski definition) is 3. The summed E-state index contributed by atoms with van der Waals surface area (Å²) in [6, 6.07) is 6.98. The van der Waals surface area contributed by atoms with Crippen LogP contribution < -0.4 is 5.32 Å². The molecule has 0 aliphatic carbocycles. The molecule has 0 radical (unpaired) electrons. The van der Waals surface area contributed by atoms with Crippen LogP contribution in [0.3, 0.4) is 0 Å². The normalized spacial score (nSPS) is 11.6. The third-order valence-electron chi connectivity index (χ3n) is 1.74. The van der Waals surface area contributed by atoms with E-state index >= 15 is 0 Å². The predicted molar refractivity (Wildman–Crippen MR) is 65.9 cm³/mol. The van der Waals surface area contributed by atoms with Crippen molar-refractivity contribution in [3.63, 3.8) is 0 Å². The summed E-state index contributed by atoms with van der Waals surface area (Å²) in [4.78, 5) is 11.3. The van der Waals surface area contributed by atoms with Crippen molar-refractivity contribution in [2.24, 2.45) is 0 Å². The molecule has 3 nitrogen and oxygen atoms in total. The average Bonchev–Trinajstić information content (AvgIpc) is 2.20. The molecule has 0 fully saturated rings. The summed E-state index contributed by atoms with van der Waals surface area (Å²) in [6.45, 7) is 1.69. The number of nitriles is 1. The van der Waals surface area contributed by atoms with Crippen molar-refractivity contribution in [2.75, 3.05) is 5.32 Å². The van der Waals surface area contributed by atoms with Crippen LogP contribution in [0, 0.1) is 11.3 Å². The lowest BCUT2D eigenvalue weighted by atomic mass is 10.2. The number of carbonyl (C=O) groups excluding carboxylic acids is 1. The first-order valence-corrected chi connectivity index (χ1v) is 5.54. The fourth-order valence-corrected chi connectivity index (χ4v) is 1.47. The Morgan fingerprint density at radius 1 is 1.67 bits per heavy atom. The van der Waals surface area contributed by atoms with Crippen molar-refractivity contribution in [3.05, 3.63) is 28.2 Å². The summed E-state index contributed by atoms with van der Waals surface area (Å²) in [5.74, 6) is -0.177. The second kappa shape index (κ2) is 5.19. The Morgan fingerprint density at radius 2 is 2.33 bits per heavy atom. The van der Waals surface area contributed by atoms with Crippen LogP contribution in [-0.2, 0) is 4.79 Å². The van der Waals surface area contributed by atoms with E-state index in [1.165, 1.54) is 0 Å². The van der Waals surface area contributed by atoms with Crippen LogP contribution in [0.25, 0.3) is 0 Å². The van der Waals surface area contributed by atoms with Crippen LogP contribution in [0.15, 0.2) is 22.7 Å². The smallest absolute Gasteiger partial charge is 0.236 e. The van der Waals surface area contributed by atoms with E-state index in [0.29, 0.717) is 15.7 Å². The second-order valence-corrected chi connectivity index (χ2v) is 4.60. The summed E-state index contributed by atoms with van der Waals surface area (Å²) in [5, 5.41) is 11.0. The highest BCUT2D eigenvalue weighted by atomic mass is 79.9. The molecule has 1 N–H and O–H groups in total. The predicted octanol–water partition coefficient (Wildman–Crippen LogP) is 2.58. The number of amides is 1. The second-order valence-electron chi connectivity index (χ2n) is 2.97. The van der Waals surface area contributed by atoms with Gasteiger partial charge in [-0.1, -0.05) is 0 Å². The van der Waals surface area contributed by atoms with E-state index in [2.05, 4.69) is 33.9 Å².